The van der Waals surface area contributed by atoms with E-state index in [0.717, 1.165) is 12.5 Å². The van der Waals surface area contributed by atoms with Crippen LogP contribution >= 0.6 is 0 Å². The second-order valence-electron chi connectivity index (χ2n) is 3.35. The van der Waals surface area contributed by atoms with Gasteiger partial charge in [-0.05, 0) is 5.56 Å². The quantitative estimate of drug-likeness (QED) is 0.695. The average molecular weight is 199 g/mol. The Labute approximate surface area is 89.6 Å². The Balaban J connectivity index is 1.94. The summed E-state index contributed by atoms with van der Waals surface area (Å²) < 4.78 is 0. The lowest BCUT2D eigenvalue weighted by Crippen LogP contribution is -2.35. The van der Waals surface area contributed by atoms with Crippen LogP contribution in [-0.4, -0.2) is 19.0 Å². The first-order chi connectivity index (χ1) is 7.40. The van der Waals surface area contributed by atoms with Crippen molar-refractivity contribution in [3.63, 3.8) is 0 Å². The van der Waals surface area contributed by atoms with E-state index < -0.39 is 0 Å². The highest BCUT2D eigenvalue weighted by Gasteiger charge is 2.17. The monoisotopic (exact) mass is 199 g/mol. The number of rotatable bonds is 2. The van der Waals surface area contributed by atoms with Gasteiger partial charge in [-0.3, -0.25) is 4.99 Å². The zero-order chi connectivity index (χ0) is 10.5. The highest BCUT2D eigenvalue weighted by Crippen LogP contribution is 2.15. The van der Waals surface area contributed by atoms with Gasteiger partial charge >= 0.3 is 0 Å². The van der Waals surface area contributed by atoms with Crippen molar-refractivity contribution in [2.24, 2.45) is 4.99 Å². The van der Waals surface area contributed by atoms with Crippen molar-refractivity contribution in [1.29, 1.82) is 0 Å². The van der Waals surface area contributed by atoms with E-state index in [1.165, 1.54) is 5.56 Å². The second kappa shape index (κ2) is 4.52. The van der Waals surface area contributed by atoms with E-state index in [4.69, 9.17) is 6.42 Å². The summed E-state index contributed by atoms with van der Waals surface area (Å²) in [6.45, 7) is 1.27. The lowest BCUT2D eigenvalue weighted by molar-refractivity contribution is 0.702. The van der Waals surface area contributed by atoms with Crippen molar-refractivity contribution in [3.8, 4) is 12.3 Å². The van der Waals surface area contributed by atoms with Crippen molar-refractivity contribution in [2.75, 3.05) is 13.1 Å². The van der Waals surface area contributed by atoms with Gasteiger partial charge in [0.05, 0.1) is 19.1 Å². The Morgan fingerprint density at radius 2 is 2.27 bits per heavy atom. The maximum absolute atomic E-state index is 5.16. The molecule has 1 heterocycles. The smallest absolute Gasteiger partial charge is 0.192 e. The normalized spacial score (nSPS) is 18.9. The molecule has 0 fully saturated rings. The van der Waals surface area contributed by atoms with Crippen LogP contribution in [0.2, 0.25) is 0 Å². The first kappa shape index (κ1) is 9.60. The van der Waals surface area contributed by atoms with Gasteiger partial charge in [0.25, 0.3) is 0 Å². The Bertz CT molecular complexity index is 389. The molecule has 1 aliphatic heterocycles. The van der Waals surface area contributed by atoms with E-state index in [0.29, 0.717) is 6.54 Å². The Kier molecular flexibility index (Phi) is 2.89. The van der Waals surface area contributed by atoms with Crippen LogP contribution in [0.25, 0.3) is 0 Å². The Hall–Kier alpha value is -1.95. The fraction of sp³-hybridized carbons (Fsp3) is 0.250. The number of nitrogens with zero attached hydrogens (tertiary/aromatic N) is 1. The van der Waals surface area contributed by atoms with Crippen molar-refractivity contribution in [1.82, 2.24) is 10.6 Å². The van der Waals surface area contributed by atoms with Gasteiger partial charge in [-0.1, -0.05) is 36.3 Å². The van der Waals surface area contributed by atoms with Gasteiger partial charge in [-0.25, -0.2) is 0 Å². The van der Waals surface area contributed by atoms with Crippen molar-refractivity contribution >= 4 is 5.96 Å². The molecule has 3 heteroatoms. The van der Waals surface area contributed by atoms with Crippen LogP contribution in [0.15, 0.2) is 35.3 Å². The van der Waals surface area contributed by atoms with Crippen LogP contribution in [0.1, 0.15) is 11.6 Å². The summed E-state index contributed by atoms with van der Waals surface area (Å²) in [5.74, 6) is 3.31. The molecule has 3 nitrogen and oxygen atoms in total. The maximum atomic E-state index is 5.16. The molecule has 15 heavy (non-hydrogen) atoms. The molecule has 0 bridgehead atoms. The van der Waals surface area contributed by atoms with E-state index in [2.05, 4.69) is 33.7 Å². The summed E-state index contributed by atoms with van der Waals surface area (Å²) in [6, 6.07) is 10.5. The number of hydrogen-bond donors (Lipinski definition) is 2. The summed E-state index contributed by atoms with van der Waals surface area (Å²) in [5.41, 5.74) is 1.25. The standard InChI is InChI=1S/C12H13N3/c1-2-8-13-12-14-9-11(15-12)10-6-4-3-5-7-10/h1,3-7,11H,8-9H2,(H2,13,14,15). The number of hydrogen-bond acceptors (Lipinski definition) is 3. The predicted octanol–water partition coefficient (Wildman–Crippen LogP) is 0.910. The summed E-state index contributed by atoms with van der Waals surface area (Å²) in [6.07, 6.45) is 5.16. The Morgan fingerprint density at radius 1 is 1.47 bits per heavy atom. The van der Waals surface area contributed by atoms with Gasteiger partial charge in [0.1, 0.15) is 0 Å². The van der Waals surface area contributed by atoms with Crippen molar-refractivity contribution < 1.29 is 0 Å². The summed E-state index contributed by atoms with van der Waals surface area (Å²) >= 11 is 0. The third-order valence-corrected chi connectivity index (χ3v) is 2.30. The topological polar surface area (TPSA) is 36.4 Å². The zero-order valence-electron chi connectivity index (χ0n) is 8.40. The predicted molar refractivity (Wildman–Crippen MR) is 61.5 cm³/mol. The molecule has 1 aromatic rings. The molecule has 0 radical (unpaired) electrons. The third-order valence-electron chi connectivity index (χ3n) is 2.30. The zero-order valence-corrected chi connectivity index (χ0v) is 8.40. The molecule has 0 saturated carbocycles. The van der Waals surface area contributed by atoms with Crippen LogP contribution in [0, 0.1) is 12.3 Å². The first-order valence-electron chi connectivity index (χ1n) is 4.93. The molecule has 1 aromatic carbocycles. The minimum absolute atomic E-state index is 0.270. The molecule has 2 rings (SSSR count). The lowest BCUT2D eigenvalue weighted by Gasteiger charge is -2.11. The summed E-state index contributed by atoms with van der Waals surface area (Å²) in [7, 11) is 0. The fourth-order valence-corrected chi connectivity index (χ4v) is 1.55. The number of benzene rings is 1. The number of guanidine groups is 1. The van der Waals surface area contributed by atoms with Gasteiger partial charge in [-0.15, -0.1) is 6.42 Å². The van der Waals surface area contributed by atoms with E-state index >= 15 is 0 Å². The minimum Gasteiger partial charge on any atom is -0.348 e. The fourth-order valence-electron chi connectivity index (χ4n) is 1.55. The second-order valence-corrected chi connectivity index (χ2v) is 3.35. The molecular weight excluding hydrogens is 186 g/mol. The SMILES string of the molecule is C#CCNC1=NCC(c2ccccc2)N1. The van der Waals surface area contributed by atoms with E-state index in [1.807, 2.05) is 18.2 Å². The van der Waals surface area contributed by atoms with Crippen LogP contribution in [-0.2, 0) is 0 Å². The molecular formula is C12H13N3. The van der Waals surface area contributed by atoms with Gasteiger partial charge in [0.2, 0.25) is 0 Å². The van der Waals surface area contributed by atoms with E-state index in [1.54, 1.807) is 0 Å². The molecule has 1 atom stereocenters. The molecule has 1 aliphatic rings. The van der Waals surface area contributed by atoms with Crippen LogP contribution < -0.4 is 10.6 Å². The molecule has 76 valence electrons. The third kappa shape index (κ3) is 2.29. The van der Waals surface area contributed by atoms with Crippen LogP contribution in [0.5, 0.6) is 0 Å². The molecule has 1 unspecified atom stereocenters. The number of aliphatic imine (C=N–C) groups is 1. The maximum Gasteiger partial charge on any atom is 0.192 e. The summed E-state index contributed by atoms with van der Waals surface area (Å²) in [5, 5.41) is 6.32. The lowest BCUT2D eigenvalue weighted by atomic mass is 10.1. The molecule has 0 spiro atoms. The summed E-state index contributed by atoms with van der Waals surface area (Å²) in [4.78, 5) is 4.33. The minimum atomic E-state index is 0.270. The highest BCUT2D eigenvalue weighted by molar-refractivity contribution is 5.82. The largest absolute Gasteiger partial charge is 0.348 e. The molecule has 0 aliphatic carbocycles. The van der Waals surface area contributed by atoms with Crippen LogP contribution in [0.3, 0.4) is 0 Å². The van der Waals surface area contributed by atoms with Gasteiger partial charge < -0.3 is 10.6 Å². The molecule has 0 amide bonds. The first-order valence-corrected chi connectivity index (χ1v) is 4.93. The molecule has 0 saturated heterocycles. The van der Waals surface area contributed by atoms with Gasteiger partial charge in [0, 0.05) is 0 Å². The van der Waals surface area contributed by atoms with Crippen molar-refractivity contribution in [3.05, 3.63) is 35.9 Å². The van der Waals surface area contributed by atoms with Crippen molar-refractivity contribution in [2.45, 2.75) is 6.04 Å². The van der Waals surface area contributed by atoms with Gasteiger partial charge in [-0.2, -0.15) is 0 Å². The number of terminal acetylenes is 1. The average Bonchev–Trinajstić information content (AvgIpc) is 2.76. The molecule has 2 N–H and O–H groups in total. The van der Waals surface area contributed by atoms with E-state index in [-0.39, 0.29) is 6.04 Å². The van der Waals surface area contributed by atoms with Crippen LogP contribution in [0.4, 0.5) is 0 Å². The number of nitrogens with one attached hydrogen (secondary N) is 2. The molecule has 0 aromatic heterocycles. The van der Waals surface area contributed by atoms with Gasteiger partial charge in [0.15, 0.2) is 5.96 Å². The highest BCUT2D eigenvalue weighted by atomic mass is 15.2. The Morgan fingerprint density at radius 3 is 3.00 bits per heavy atom. The van der Waals surface area contributed by atoms with E-state index in [9.17, 15) is 0 Å².